The lowest BCUT2D eigenvalue weighted by atomic mass is 10.1. The van der Waals surface area contributed by atoms with Gasteiger partial charge in [-0.2, -0.15) is 0 Å². The van der Waals surface area contributed by atoms with Gasteiger partial charge in [0.25, 0.3) is 0 Å². The third kappa shape index (κ3) is 2.23. The highest BCUT2D eigenvalue weighted by molar-refractivity contribution is 5.87. The van der Waals surface area contributed by atoms with Crippen molar-refractivity contribution in [1.82, 2.24) is 0 Å². The third-order valence-corrected chi connectivity index (χ3v) is 3.08. The quantitative estimate of drug-likeness (QED) is 0.879. The minimum Gasteiger partial charge on any atom is -0.480 e. The minimum absolute atomic E-state index is 0.531. The number of hydrogen-bond donors (Lipinski definition) is 1. The summed E-state index contributed by atoms with van der Waals surface area (Å²) in [4.78, 5) is 12.7. The molecule has 2 aromatic carbocycles. The predicted octanol–water partition coefficient (Wildman–Crippen LogP) is 2.75. The molecule has 1 N–H and O–H groups in total. The monoisotopic (exact) mass is 229 g/mol. The molecule has 3 nitrogen and oxygen atoms in total. The van der Waals surface area contributed by atoms with E-state index in [4.69, 9.17) is 5.11 Å². The standard InChI is InChI=1S/C14H15NO2/c1-10(14(16)17)15(2)13-8-7-11-5-3-4-6-12(11)9-13/h3-10H,1-2H3,(H,16,17)/t10-/m1/s1. The summed E-state index contributed by atoms with van der Waals surface area (Å²) in [6.07, 6.45) is 0. The van der Waals surface area contributed by atoms with Gasteiger partial charge in [0, 0.05) is 12.7 Å². The van der Waals surface area contributed by atoms with E-state index in [1.807, 2.05) is 42.5 Å². The Morgan fingerprint density at radius 2 is 1.82 bits per heavy atom. The molecule has 0 amide bonds. The molecule has 3 heteroatoms. The van der Waals surface area contributed by atoms with Gasteiger partial charge in [-0.1, -0.05) is 30.3 Å². The van der Waals surface area contributed by atoms with Crippen LogP contribution in [0.4, 0.5) is 5.69 Å². The third-order valence-electron chi connectivity index (χ3n) is 3.08. The first-order valence-corrected chi connectivity index (χ1v) is 5.54. The summed E-state index contributed by atoms with van der Waals surface area (Å²) >= 11 is 0. The minimum atomic E-state index is -0.819. The van der Waals surface area contributed by atoms with Crippen molar-refractivity contribution in [2.24, 2.45) is 0 Å². The fourth-order valence-corrected chi connectivity index (χ4v) is 1.79. The SMILES string of the molecule is C[C@H](C(=O)O)N(C)c1ccc2ccccc2c1. The van der Waals surface area contributed by atoms with E-state index in [-0.39, 0.29) is 0 Å². The summed E-state index contributed by atoms with van der Waals surface area (Å²) in [6, 6.07) is 13.5. The summed E-state index contributed by atoms with van der Waals surface area (Å²) in [5, 5.41) is 11.3. The molecule has 88 valence electrons. The van der Waals surface area contributed by atoms with Crippen LogP contribution in [0.3, 0.4) is 0 Å². The highest BCUT2D eigenvalue weighted by Gasteiger charge is 2.16. The number of benzene rings is 2. The van der Waals surface area contributed by atoms with Crippen LogP contribution in [0.15, 0.2) is 42.5 Å². The molecule has 0 unspecified atom stereocenters. The van der Waals surface area contributed by atoms with Gasteiger partial charge in [0.2, 0.25) is 0 Å². The van der Waals surface area contributed by atoms with Crippen LogP contribution in [0.5, 0.6) is 0 Å². The molecule has 0 aliphatic heterocycles. The van der Waals surface area contributed by atoms with Crippen LogP contribution in [-0.4, -0.2) is 24.2 Å². The summed E-state index contributed by atoms with van der Waals surface area (Å²) < 4.78 is 0. The molecule has 2 aromatic rings. The molecule has 0 bridgehead atoms. The van der Waals surface area contributed by atoms with E-state index in [0.717, 1.165) is 16.5 Å². The van der Waals surface area contributed by atoms with E-state index in [1.54, 1.807) is 18.9 Å². The molecular formula is C14H15NO2. The number of carbonyl (C=O) groups is 1. The molecule has 2 rings (SSSR count). The van der Waals surface area contributed by atoms with Gasteiger partial charge in [0.05, 0.1) is 0 Å². The van der Waals surface area contributed by atoms with Crippen molar-refractivity contribution in [2.45, 2.75) is 13.0 Å². The topological polar surface area (TPSA) is 40.5 Å². The number of rotatable bonds is 3. The van der Waals surface area contributed by atoms with Crippen LogP contribution in [0.2, 0.25) is 0 Å². The molecule has 0 saturated carbocycles. The number of fused-ring (bicyclic) bond motifs is 1. The normalized spacial score (nSPS) is 12.4. The van der Waals surface area contributed by atoms with Crippen molar-refractivity contribution >= 4 is 22.4 Å². The average molecular weight is 229 g/mol. The second kappa shape index (κ2) is 4.45. The second-order valence-corrected chi connectivity index (χ2v) is 4.16. The van der Waals surface area contributed by atoms with Gasteiger partial charge >= 0.3 is 5.97 Å². The molecule has 0 spiro atoms. The lowest BCUT2D eigenvalue weighted by Gasteiger charge is -2.23. The first kappa shape index (κ1) is 11.5. The van der Waals surface area contributed by atoms with Gasteiger partial charge in [-0.25, -0.2) is 4.79 Å². The lowest BCUT2D eigenvalue weighted by Crippen LogP contribution is -2.35. The number of anilines is 1. The molecular weight excluding hydrogens is 214 g/mol. The molecule has 0 fully saturated rings. The van der Waals surface area contributed by atoms with E-state index in [9.17, 15) is 4.79 Å². The summed E-state index contributed by atoms with van der Waals surface area (Å²) in [7, 11) is 1.79. The number of carboxylic acids is 1. The second-order valence-electron chi connectivity index (χ2n) is 4.16. The van der Waals surface area contributed by atoms with Gasteiger partial charge in [-0.3, -0.25) is 0 Å². The molecule has 0 radical (unpaired) electrons. The van der Waals surface area contributed by atoms with Crippen molar-refractivity contribution in [2.75, 3.05) is 11.9 Å². The van der Waals surface area contributed by atoms with Crippen LogP contribution < -0.4 is 4.90 Å². The molecule has 17 heavy (non-hydrogen) atoms. The van der Waals surface area contributed by atoms with E-state index >= 15 is 0 Å². The van der Waals surface area contributed by atoms with E-state index in [2.05, 4.69) is 0 Å². The molecule has 1 atom stereocenters. The van der Waals surface area contributed by atoms with Crippen molar-refractivity contribution < 1.29 is 9.90 Å². The maximum absolute atomic E-state index is 10.9. The first-order chi connectivity index (χ1) is 8.09. The first-order valence-electron chi connectivity index (χ1n) is 5.54. The fourth-order valence-electron chi connectivity index (χ4n) is 1.79. The van der Waals surface area contributed by atoms with Crippen molar-refractivity contribution in [3.8, 4) is 0 Å². The molecule has 0 aromatic heterocycles. The number of carboxylic acid groups (broad SMARTS) is 1. The maximum Gasteiger partial charge on any atom is 0.326 e. The lowest BCUT2D eigenvalue weighted by molar-refractivity contribution is -0.138. The Labute approximate surface area is 100 Å². The average Bonchev–Trinajstić information content (AvgIpc) is 2.36. The van der Waals surface area contributed by atoms with E-state index < -0.39 is 12.0 Å². The zero-order valence-corrected chi connectivity index (χ0v) is 9.92. The van der Waals surface area contributed by atoms with E-state index in [1.165, 1.54) is 0 Å². The predicted molar refractivity (Wildman–Crippen MR) is 69.4 cm³/mol. The molecule has 0 aliphatic rings. The Morgan fingerprint density at radius 3 is 2.47 bits per heavy atom. The summed E-state index contributed by atoms with van der Waals surface area (Å²) in [5.41, 5.74) is 0.915. The fraction of sp³-hybridized carbons (Fsp3) is 0.214. The van der Waals surface area contributed by atoms with Crippen molar-refractivity contribution in [3.63, 3.8) is 0 Å². The number of likely N-dealkylation sites (N-methyl/N-ethyl adjacent to an activating group) is 1. The van der Waals surface area contributed by atoms with Gasteiger partial charge in [0.15, 0.2) is 0 Å². The van der Waals surface area contributed by atoms with Crippen LogP contribution in [0.1, 0.15) is 6.92 Å². The van der Waals surface area contributed by atoms with Gasteiger partial charge in [-0.05, 0) is 29.8 Å². The summed E-state index contributed by atoms with van der Waals surface area (Å²) in [5.74, 6) is -0.819. The Bertz CT molecular complexity index is 551. The largest absolute Gasteiger partial charge is 0.480 e. The van der Waals surface area contributed by atoms with Gasteiger partial charge in [0.1, 0.15) is 6.04 Å². The van der Waals surface area contributed by atoms with Crippen LogP contribution in [0, 0.1) is 0 Å². The van der Waals surface area contributed by atoms with E-state index in [0.29, 0.717) is 0 Å². The van der Waals surface area contributed by atoms with Crippen molar-refractivity contribution in [3.05, 3.63) is 42.5 Å². The Balaban J connectivity index is 2.39. The number of aliphatic carboxylic acids is 1. The molecule has 0 heterocycles. The van der Waals surface area contributed by atoms with Gasteiger partial charge < -0.3 is 10.0 Å². The van der Waals surface area contributed by atoms with Crippen LogP contribution in [0.25, 0.3) is 10.8 Å². The zero-order chi connectivity index (χ0) is 12.4. The molecule has 0 saturated heterocycles. The number of hydrogen-bond acceptors (Lipinski definition) is 2. The highest BCUT2D eigenvalue weighted by atomic mass is 16.4. The zero-order valence-electron chi connectivity index (χ0n) is 9.92. The molecule has 0 aliphatic carbocycles. The van der Waals surface area contributed by atoms with Gasteiger partial charge in [-0.15, -0.1) is 0 Å². The Morgan fingerprint density at radius 1 is 1.18 bits per heavy atom. The highest BCUT2D eigenvalue weighted by Crippen LogP contribution is 2.22. The Kier molecular flexibility index (Phi) is 3.00. The smallest absolute Gasteiger partial charge is 0.326 e. The summed E-state index contributed by atoms with van der Waals surface area (Å²) in [6.45, 7) is 1.68. The van der Waals surface area contributed by atoms with Crippen LogP contribution >= 0.6 is 0 Å². The van der Waals surface area contributed by atoms with Crippen LogP contribution in [-0.2, 0) is 4.79 Å². The van der Waals surface area contributed by atoms with Crippen molar-refractivity contribution in [1.29, 1.82) is 0 Å². The maximum atomic E-state index is 10.9. The number of nitrogens with zero attached hydrogens (tertiary/aromatic N) is 1. The Hall–Kier alpha value is -2.03.